The molecule has 2 rings (SSSR count). The number of nitrogens with one attached hydrogen (secondary N) is 1. The number of urea groups is 1. The van der Waals surface area contributed by atoms with Crippen LogP contribution in [0.2, 0.25) is 0 Å². The van der Waals surface area contributed by atoms with Crippen LogP contribution in [0.5, 0.6) is 0 Å². The molecular formula is C16H29N5O. The minimum atomic E-state index is 0.0768. The van der Waals surface area contributed by atoms with Gasteiger partial charge in [-0.25, -0.2) is 4.79 Å². The lowest BCUT2D eigenvalue weighted by Gasteiger charge is -2.34. The van der Waals surface area contributed by atoms with E-state index in [-0.39, 0.29) is 11.4 Å². The Balaban J connectivity index is 1.73. The van der Waals surface area contributed by atoms with E-state index < -0.39 is 0 Å². The summed E-state index contributed by atoms with van der Waals surface area (Å²) in [5.41, 5.74) is 0.126. The molecule has 1 fully saturated rings. The van der Waals surface area contributed by atoms with E-state index in [9.17, 15) is 4.79 Å². The highest BCUT2D eigenvalue weighted by Crippen LogP contribution is 2.25. The van der Waals surface area contributed by atoms with Gasteiger partial charge >= 0.3 is 6.03 Å². The zero-order valence-electron chi connectivity index (χ0n) is 14.2. The third-order valence-corrected chi connectivity index (χ3v) is 5.08. The van der Waals surface area contributed by atoms with Crippen LogP contribution < -0.4 is 5.32 Å². The Morgan fingerprint density at radius 3 is 2.59 bits per heavy atom. The van der Waals surface area contributed by atoms with Crippen molar-refractivity contribution in [1.82, 2.24) is 25.2 Å². The van der Waals surface area contributed by atoms with Gasteiger partial charge in [0.15, 0.2) is 0 Å². The molecule has 0 spiro atoms. The molecule has 1 N–H and O–H groups in total. The fourth-order valence-electron chi connectivity index (χ4n) is 2.53. The van der Waals surface area contributed by atoms with Crippen LogP contribution in [0.1, 0.15) is 40.5 Å². The average Bonchev–Trinajstić information content (AvgIpc) is 2.98. The minimum absolute atomic E-state index is 0.0768. The summed E-state index contributed by atoms with van der Waals surface area (Å²) in [4.78, 5) is 14.2. The van der Waals surface area contributed by atoms with Crippen LogP contribution in [0.15, 0.2) is 12.4 Å². The number of piperidine rings is 1. The summed E-state index contributed by atoms with van der Waals surface area (Å²) in [6, 6.07) is 0.0768. The van der Waals surface area contributed by atoms with Crippen LogP contribution in [0.4, 0.5) is 4.79 Å². The van der Waals surface area contributed by atoms with Gasteiger partial charge in [-0.15, -0.1) is 5.10 Å². The minimum Gasteiger partial charge on any atom is -0.337 e. The first-order chi connectivity index (χ1) is 10.4. The van der Waals surface area contributed by atoms with E-state index in [4.69, 9.17) is 0 Å². The topological polar surface area (TPSA) is 63.1 Å². The Morgan fingerprint density at radius 2 is 2.05 bits per heavy atom. The monoisotopic (exact) mass is 307 g/mol. The third kappa shape index (κ3) is 4.45. The molecular weight excluding hydrogens is 278 g/mol. The number of rotatable bonds is 5. The van der Waals surface area contributed by atoms with Crippen molar-refractivity contribution >= 4 is 6.03 Å². The second-order valence-electron chi connectivity index (χ2n) is 7.36. The van der Waals surface area contributed by atoms with Crippen molar-refractivity contribution in [3.8, 4) is 0 Å². The molecule has 2 heterocycles. The molecule has 2 amide bonds. The van der Waals surface area contributed by atoms with Crippen LogP contribution >= 0.6 is 0 Å². The van der Waals surface area contributed by atoms with Crippen molar-refractivity contribution in [2.45, 2.75) is 47.1 Å². The summed E-state index contributed by atoms with van der Waals surface area (Å²) in [6.45, 7) is 12.1. The van der Waals surface area contributed by atoms with Crippen molar-refractivity contribution < 1.29 is 4.79 Å². The predicted molar refractivity (Wildman–Crippen MR) is 86.3 cm³/mol. The molecule has 1 aliphatic rings. The maximum absolute atomic E-state index is 12.3. The summed E-state index contributed by atoms with van der Waals surface area (Å²) >= 11 is 0. The van der Waals surface area contributed by atoms with Crippen molar-refractivity contribution in [2.75, 3.05) is 19.6 Å². The van der Waals surface area contributed by atoms with E-state index in [1.807, 2.05) is 15.8 Å². The highest BCUT2D eigenvalue weighted by molar-refractivity contribution is 5.74. The van der Waals surface area contributed by atoms with Gasteiger partial charge in [-0.1, -0.05) is 32.9 Å². The number of carbonyl (C=O) groups excluding carboxylic acids is 1. The lowest BCUT2D eigenvalue weighted by molar-refractivity contribution is 0.155. The van der Waals surface area contributed by atoms with E-state index >= 15 is 0 Å². The van der Waals surface area contributed by atoms with Crippen LogP contribution in [0, 0.1) is 17.3 Å². The van der Waals surface area contributed by atoms with Gasteiger partial charge in [-0.3, -0.25) is 4.68 Å². The SMILES string of the molecule is CC(C)C(C)(C)CNC(=O)N1CCC(Cn2ccnn2)CC1. The molecule has 1 aromatic heterocycles. The molecule has 124 valence electrons. The lowest BCUT2D eigenvalue weighted by Crippen LogP contribution is -2.47. The Labute approximate surface area is 133 Å². The fourth-order valence-corrected chi connectivity index (χ4v) is 2.53. The number of nitrogens with zero attached hydrogens (tertiary/aromatic N) is 4. The third-order valence-electron chi connectivity index (χ3n) is 5.08. The quantitative estimate of drug-likeness (QED) is 0.908. The number of aromatic nitrogens is 3. The first-order valence-corrected chi connectivity index (χ1v) is 8.25. The molecule has 0 atom stereocenters. The largest absolute Gasteiger partial charge is 0.337 e. The van der Waals surface area contributed by atoms with Crippen molar-refractivity contribution in [2.24, 2.45) is 17.3 Å². The highest BCUT2D eigenvalue weighted by atomic mass is 16.2. The van der Waals surface area contributed by atoms with Crippen LogP contribution in [0.25, 0.3) is 0 Å². The number of amides is 2. The van der Waals surface area contributed by atoms with Crippen LogP contribution in [0.3, 0.4) is 0 Å². The summed E-state index contributed by atoms with van der Waals surface area (Å²) in [5, 5.41) is 10.9. The standard InChI is InChI=1S/C16H29N5O/c1-13(2)16(3,4)12-17-15(22)20-8-5-14(6-9-20)11-21-10-7-18-19-21/h7,10,13-14H,5-6,8-9,11-12H2,1-4H3,(H,17,22). The van der Waals surface area contributed by atoms with Gasteiger partial charge in [-0.2, -0.15) is 0 Å². The van der Waals surface area contributed by atoms with Crippen LogP contribution in [-0.4, -0.2) is 45.6 Å². The van der Waals surface area contributed by atoms with E-state index in [0.29, 0.717) is 11.8 Å². The maximum atomic E-state index is 12.3. The number of hydrogen-bond donors (Lipinski definition) is 1. The zero-order valence-corrected chi connectivity index (χ0v) is 14.2. The van der Waals surface area contributed by atoms with Gasteiger partial charge < -0.3 is 10.2 Å². The first kappa shape index (κ1) is 16.8. The van der Waals surface area contributed by atoms with E-state index in [0.717, 1.165) is 39.0 Å². The summed E-state index contributed by atoms with van der Waals surface area (Å²) in [7, 11) is 0. The van der Waals surface area contributed by atoms with Crippen molar-refractivity contribution in [3.05, 3.63) is 12.4 Å². The van der Waals surface area contributed by atoms with Gasteiger partial charge in [0.05, 0.1) is 6.20 Å². The number of carbonyl (C=O) groups is 1. The molecule has 1 aromatic rings. The summed E-state index contributed by atoms with van der Waals surface area (Å²) in [5.74, 6) is 1.12. The Morgan fingerprint density at radius 1 is 1.36 bits per heavy atom. The predicted octanol–water partition coefficient (Wildman–Crippen LogP) is 2.38. The molecule has 0 radical (unpaired) electrons. The molecule has 0 aromatic carbocycles. The number of hydrogen-bond acceptors (Lipinski definition) is 3. The fraction of sp³-hybridized carbons (Fsp3) is 0.812. The van der Waals surface area contributed by atoms with Crippen molar-refractivity contribution in [1.29, 1.82) is 0 Å². The lowest BCUT2D eigenvalue weighted by atomic mass is 9.81. The van der Waals surface area contributed by atoms with Gasteiger partial charge in [-0.05, 0) is 30.1 Å². The molecule has 0 bridgehead atoms. The molecule has 0 saturated carbocycles. The summed E-state index contributed by atoms with van der Waals surface area (Å²) in [6.07, 6.45) is 5.66. The molecule has 6 nitrogen and oxygen atoms in total. The van der Waals surface area contributed by atoms with Gasteiger partial charge in [0.1, 0.15) is 0 Å². The van der Waals surface area contributed by atoms with Gasteiger partial charge in [0, 0.05) is 32.4 Å². The Hall–Kier alpha value is -1.59. The zero-order chi connectivity index (χ0) is 16.2. The molecule has 1 saturated heterocycles. The maximum Gasteiger partial charge on any atom is 0.317 e. The molecule has 0 aliphatic carbocycles. The molecule has 1 aliphatic heterocycles. The van der Waals surface area contributed by atoms with Crippen LogP contribution in [-0.2, 0) is 6.54 Å². The van der Waals surface area contributed by atoms with Gasteiger partial charge in [0.25, 0.3) is 0 Å². The first-order valence-electron chi connectivity index (χ1n) is 8.25. The number of likely N-dealkylation sites (tertiary alicyclic amines) is 1. The molecule has 22 heavy (non-hydrogen) atoms. The van der Waals surface area contributed by atoms with Gasteiger partial charge in [0.2, 0.25) is 0 Å². The second kappa shape index (κ2) is 7.11. The van der Waals surface area contributed by atoms with E-state index in [1.54, 1.807) is 6.20 Å². The molecule has 0 unspecified atom stereocenters. The smallest absolute Gasteiger partial charge is 0.317 e. The Kier molecular flexibility index (Phi) is 5.42. The summed E-state index contributed by atoms with van der Waals surface area (Å²) < 4.78 is 1.88. The van der Waals surface area contributed by atoms with E-state index in [1.165, 1.54) is 0 Å². The molecule has 6 heteroatoms. The Bertz CT molecular complexity index is 461. The normalized spacial score (nSPS) is 17.0. The van der Waals surface area contributed by atoms with E-state index in [2.05, 4.69) is 43.3 Å². The highest BCUT2D eigenvalue weighted by Gasteiger charge is 2.26. The second-order valence-corrected chi connectivity index (χ2v) is 7.36. The van der Waals surface area contributed by atoms with Crippen molar-refractivity contribution in [3.63, 3.8) is 0 Å². The average molecular weight is 307 g/mol.